The number of carbonyl (C=O) groups excluding carboxylic acids is 1. The van der Waals surface area contributed by atoms with Crippen LogP contribution in [0.1, 0.15) is 29.7 Å². The summed E-state index contributed by atoms with van der Waals surface area (Å²) in [5, 5.41) is 2.54. The summed E-state index contributed by atoms with van der Waals surface area (Å²) in [6.07, 6.45) is -7.85. The van der Waals surface area contributed by atoms with Gasteiger partial charge in [-0.15, -0.1) is 0 Å². The molecule has 0 saturated carbocycles. The van der Waals surface area contributed by atoms with Crippen LogP contribution in [0.5, 0.6) is 0 Å². The maximum atomic E-state index is 13.4. The molecule has 0 spiro atoms. The third-order valence-corrected chi connectivity index (χ3v) is 7.93. The summed E-state index contributed by atoms with van der Waals surface area (Å²) in [4.78, 5) is 20.0. The summed E-state index contributed by atoms with van der Waals surface area (Å²) < 4.78 is 106. The largest absolute Gasteiger partial charge is 0.417 e. The van der Waals surface area contributed by atoms with E-state index in [2.05, 4.69) is 15.3 Å². The van der Waals surface area contributed by atoms with Crippen molar-refractivity contribution in [3.63, 3.8) is 0 Å². The number of aromatic nitrogens is 2. The van der Waals surface area contributed by atoms with E-state index in [1.165, 1.54) is 24.3 Å². The molecule has 2 heterocycles. The van der Waals surface area contributed by atoms with Crippen LogP contribution in [0.25, 0.3) is 11.3 Å². The van der Waals surface area contributed by atoms with Gasteiger partial charge in [-0.05, 0) is 43.2 Å². The molecule has 14 heteroatoms. The van der Waals surface area contributed by atoms with Crippen LogP contribution in [0.15, 0.2) is 65.8 Å². The first-order valence-electron chi connectivity index (χ1n) is 11.2. The Labute approximate surface area is 213 Å². The highest BCUT2D eigenvalue weighted by molar-refractivity contribution is 7.89. The fourth-order valence-electron chi connectivity index (χ4n) is 4.12. The van der Waals surface area contributed by atoms with E-state index < -0.39 is 50.3 Å². The van der Waals surface area contributed by atoms with Gasteiger partial charge in [-0.2, -0.15) is 30.6 Å². The number of rotatable bonds is 6. The SMILES string of the molecule is O=C(NCc1cc(-c2ccc(C(F)(F)F)cc2)ncn1)C1CCCN1S(=O)(=O)c1ccccc1C(F)(F)F. The van der Waals surface area contributed by atoms with Gasteiger partial charge in [0.1, 0.15) is 12.4 Å². The quantitative estimate of drug-likeness (QED) is 0.445. The predicted octanol–water partition coefficient (Wildman–Crippen LogP) is 4.65. The van der Waals surface area contributed by atoms with Gasteiger partial charge in [-0.25, -0.2) is 18.4 Å². The van der Waals surface area contributed by atoms with Crippen molar-refractivity contribution in [2.45, 2.75) is 42.7 Å². The zero-order chi connectivity index (χ0) is 27.7. The topological polar surface area (TPSA) is 92.3 Å². The third kappa shape index (κ3) is 5.80. The smallest absolute Gasteiger partial charge is 0.349 e. The number of alkyl halides is 6. The Bertz CT molecular complexity index is 1430. The van der Waals surface area contributed by atoms with Crippen molar-refractivity contribution in [3.05, 3.63) is 77.7 Å². The van der Waals surface area contributed by atoms with E-state index in [4.69, 9.17) is 0 Å². The lowest BCUT2D eigenvalue weighted by atomic mass is 10.1. The van der Waals surface area contributed by atoms with E-state index in [-0.39, 0.29) is 31.6 Å². The predicted molar refractivity (Wildman–Crippen MR) is 123 cm³/mol. The Morgan fingerprint density at radius 2 is 1.66 bits per heavy atom. The number of benzene rings is 2. The molecule has 1 aromatic heterocycles. The minimum atomic E-state index is -4.90. The molecule has 1 atom stereocenters. The average Bonchev–Trinajstić information content (AvgIpc) is 3.38. The molecule has 0 aliphatic carbocycles. The number of carbonyl (C=O) groups is 1. The zero-order valence-corrected chi connectivity index (χ0v) is 20.2. The number of hydrogen-bond donors (Lipinski definition) is 1. The first-order chi connectivity index (χ1) is 17.8. The highest BCUT2D eigenvalue weighted by atomic mass is 32.2. The van der Waals surface area contributed by atoms with Crippen LogP contribution in [0.2, 0.25) is 0 Å². The Hall–Kier alpha value is -3.52. The van der Waals surface area contributed by atoms with E-state index in [1.807, 2.05) is 0 Å². The van der Waals surface area contributed by atoms with Gasteiger partial charge in [-0.1, -0.05) is 24.3 Å². The highest BCUT2D eigenvalue weighted by Gasteiger charge is 2.44. The molecule has 1 amide bonds. The molecule has 202 valence electrons. The van der Waals surface area contributed by atoms with Crippen LogP contribution in [0.4, 0.5) is 26.3 Å². The number of sulfonamides is 1. The van der Waals surface area contributed by atoms with Gasteiger partial charge >= 0.3 is 12.4 Å². The number of nitrogens with zero attached hydrogens (tertiary/aromatic N) is 3. The molecule has 1 fully saturated rings. The second kappa shape index (κ2) is 10.3. The summed E-state index contributed by atoms with van der Waals surface area (Å²) >= 11 is 0. The molecular weight excluding hydrogens is 538 g/mol. The van der Waals surface area contributed by atoms with Gasteiger partial charge in [0.25, 0.3) is 0 Å². The van der Waals surface area contributed by atoms with Crippen molar-refractivity contribution in [1.29, 1.82) is 0 Å². The zero-order valence-electron chi connectivity index (χ0n) is 19.4. The van der Waals surface area contributed by atoms with Crippen molar-refractivity contribution in [2.24, 2.45) is 0 Å². The van der Waals surface area contributed by atoms with Crippen LogP contribution in [-0.4, -0.2) is 41.2 Å². The van der Waals surface area contributed by atoms with Crippen molar-refractivity contribution < 1.29 is 39.6 Å². The van der Waals surface area contributed by atoms with Crippen molar-refractivity contribution >= 4 is 15.9 Å². The van der Waals surface area contributed by atoms with E-state index >= 15 is 0 Å². The third-order valence-electron chi connectivity index (χ3n) is 5.96. The molecule has 2 aromatic carbocycles. The number of nitrogens with one attached hydrogen (secondary N) is 1. The lowest BCUT2D eigenvalue weighted by Gasteiger charge is -2.25. The van der Waals surface area contributed by atoms with Gasteiger partial charge < -0.3 is 5.32 Å². The van der Waals surface area contributed by atoms with Crippen LogP contribution in [0, 0.1) is 0 Å². The molecule has 1 saturated heterocycles. The number of halogens is 6. The van der Waals surface area contributed by atoms with Gasteiger partial charge in [-0.3, -0.25) is 4.79 Å². The average molecular weight is 559 g/mol. The van der Waals surface area contributed by atoms with Gasteiger partial charge in [0.2, 0.25) is 15.9 Å². The van der Waals surface area contributed by atoms with Crippen molar-refractivity contribution in [3.8, 4) is 11.3 Å². The molecule has 1 aliphatic rings. The van der Waals surface area contributed by atoms with Crippen molar-refractivity contribution in [1.82, 2.24) is 19.6 Å². The second-order valence-electron chi connectivity index (χ2n) is 8.46. The summed E-state index contributed by atoms with van der Waals surface area (Å²) in [6.45, 7) is -0.295. The van der Waals surface area contributed by atoms with E-state index in [0.717, 1.165) is 34.9 Å². The molecule has 1 unspecified atom stereocenters. The van der Waals surface area contributed by atoms with Gasteiger partial charge in [0, 0.05) is 12.1 Å². The van der Waals surface area contributed by atoms with Crippen LogP contribution in [-0.2, 0) is 33.7 Å². The standard InChI is InChI=1S/C24H20F6N4O3S/c25-23(26,27)16-9-7-15(8-10-16)19-12-17(32-14-33-19)13-31-22(35)20-5-3-11-34(20)38(36,37)21-6-2-1-4-18(21)24(28,29)30/h1-2,4,6-10,12,14,20H,3,5,11,13H2,(H,31,35). The molecule has 7 nitrogen and oxygen atoms in total. The Morgan fingerprint density at radius 3 is 2.32 bits per heavy atom. The fourth-order valence-corrected chi connectivity index (χ4v) is 5.99. The highest BCUT2D eigenvalue weighted by Crippen LogP contribution is 2.37. The second-order valence-corrected chi connectivity index (χ2v) is 10.3. The lowest BCUT2D eigenvalue weighted by Crippen LogP contribution is -2.46. The molecule has 4 rings (SSSR count). The van der Waals surface area contributed by atoms with E-state index in [1.54, 1.807) is 0 Å². The normalized spacial score (nSPS) is 16.9. The number of hydrogen-bond acceptors (Lipinski definition) is 5. The maximum Gasteiger partial charge on any atom is 0.417 e. The summed E-state index contributed by atoms with van der Waals surface area (Å²) in [5.41, 5.74) is -1.17. The molecule has 0 bridgehead atoms. The van der Waals surface area contributed by atoms with Crippen molar-refractivity contribution in [2.75, 3.05) is 6.54 Å². The van der Waals surface area contributed by atoms with Crippen LogP contribution >= 0.6 is 0 Å². The van der Waals surface area contributed by atoms with Crippen LogP contribution in [0.3, 0.4) is 0 Å². The minimum Gasteiger partial charge on any atom is -0.349 e. The first-order valence-corrected chi connectivity index (χ1v) is 12.7. The van der Waals surface area contributed by atoms with E-state index in [9.17, 15) is 39.6 Å². The summed E-state index contributed by atoms with van der Waals surface area (Å²) in [7, 11) is -4.64. The van der Waals surface area contributed by atoms with Gasteiger partial charge in [0.05, 0.1) is 34.0 Å². The summed E-state index contributed by atoms with van der Waals surface area (Å²) in [5.74, 6) is -0.717. The van der Waals surface area contributed by atoms with Crippen LogP contribution < -0.4 is 5.32 Å². The minimum absolute atomic E-state index is 0.111. The molecular formula is C24H20F6N4O3S. The Morgan fingerprint density at radius 1 is 0.974 bits per heavy atom. The fraction of sp³-hybridized carbons (Fsp3) is 0.292. The lowest BCUT2D eigenvalue weighted by molar-refractivity contribution is -0.140. The molecule has 1 N–H and O–H groups in total. The Kier molecular flexibility index (Phi) is 7.48. The molecule has 3 aromatic rings. The maximum absolute atomic E-state index is 13.4. The number of amides is 1. The Balaban J connectivity index is 1.48. The van der Waals surface area contributed by atoms with E-state index in [0.29, 0.717) is 17.3 Å². The molecule has 1 aliphatic heterocycles. The first kappa shape index (κ1) is 27.5. The molecule has 0 radical (unpaired) electrons. The van der Waals surface area contributed by atoms with Gasteiger partial charge in [0.15, 0.2) is 0 Å². The molecule has 38 heavy (non-hydrogen) atoms. The monoisotopic (exact) mass is 558 g/mol. The summed E-state index contributed by atoms with van der Waals surface area (Å²) in [6, 6.07) is 8.31.